The molecule has 0 aliphatic carbocycles. The summed E-state index contributed by atoms with van der Waals surface area (Å²) in [5.41, 5.74) is -1.62. The number of rotatable bonds is 2. The second-order valence-electron chi connectivity index (χ2n) is 3.73. The second-order valence-corrected chi connectivity index (χ2v) is 4.14. The van der Waals surface area contributed by atoms with Crippen molar-refractivity contribution < 1.29 is 32.7 Å². The van der Waals surface area contributed by atoms with E-state index in [-0.39, 0.29) is 11.3 Å². The Morgan fingerprint density at radius 1 is 1.30 bits per heavy atom. The molecule has 0 aliphatic heterocycles. The van der Waals surface area contributed by atoms with Gasteiger partial charge in [0.15, 0.2) is 0 Å². The van der Waals surface area contributed by atoms with Gasteiger partial charge in [0.25, 0.3) is 0 Å². The number of hydrogen-bond donors (Lipinski definition) is 2. The first-order valence-corrected chi connectivity index (χ1v) is 5.38. The summed E-state index contributed by atoms with van der Waals surface area (Å²) in [6.45, 7) is 0. The number of nitrogens with zero attached hydrogens (tertiary/aromatic N) is 1. The van der Waals surface area contributed by atoms with Gasteiger partial charge in [0.2, 0.25) is 5.76 Å². The van der Waals surface area contributed by atoms with Crippen molar-refractivity contribution in [3.63, 3.8) is 0 Å². The summed E-state index contributed by atoms with van der Waals surface area (Å²) in [4.78, 5) is 10.6. The molecule has 106 valence electrons. The Morgan fingerprint density at radius 3 is 2.45 bits per heavy atom. The number of aromatic nitrogens is 1. The van der Waals surface area contributed by atoms with Gasteiger partial charge in [-0.2, -0.15) is 13.2 Å². The fourth-order valence-corrected chi connectivity index (χ4v) is 1.69. The Kier molecular flexibility index (Phi) is 3.34. The molecule has 1 heterocycles. The van der Waals surface area contributed by atoms with Gasteiger partial charge in [0.1, 0.15) is 11.4 Å². The molecule has 0 atom stereocenters. The van der Waals surface area contributed by atoms with Crippen LogP contribution in [0.3, 0.4) is 0 Å². The molecule has 1 aromatic heterocycles. The highest BCUT2D eigenvalue weighted by molar-refractivity contribution is 6.32. The SMILES string of the molecule is O=C(O)c1cc(-c2cc(Cl)c(O)c(C(F)(F)F)c2)no1. The molecule has 0 aliphatic rings. The van der Waals surface area contributed by atoms with E-state index in [1.165, 1.54) is 0 Å². The quantitative estimate of drug-likeness (QED) is 0.888. The molecule has 0 radical (unpaired) electrons. The van der Waals surface area contributed by atoms with Crippen LogP contribution in [0.15, 0.2) is 22.7 Å². The second kappa shape index (κ2) is 4.71. The molecule has 5 nitrogen and oxygen atoms in total. The smallest absolute Gasteiger partial charge is 0.420 e. The van der Waals surface area contributed by atoms with Gasteiger partial charge in [-0.15, -0.1) is 0 Å². The molecule has 0 amide bonds. The van der Waals surface area contributed by atoms with E-state index >= 15 is 0 Å². The van der Waals surface area contributed by atoms with E-state index < -0.39 is 34.2 Å². The fourth-order valence-electron chi connectivity index (χ4n) is 1.48. The number of carbonyl (C=O) groups is 1. The minimum absolute atomic E-state index is 0.128. The van der Waals surface area contributed by atoms with Crippen molar-refractivity contribution in [3.05, 3.63) is 34.5 Å². The first kappa shape index (κ1) is 14.2. The molecule has 0 saturated carbocycles. The number of halogens is 4. The van der Waals surface area contributed by atoms with Gasteiger partial charge in [-0.05, 0) is 12.1 Å². The van der Waals surface area contributed by atoms with E-state index in [0.29, 0.717) is 6.07 Å². The highest BCUT2D eigenvalue weighted by atomic mass is 35.5. The standard InChI is InChI=1S/C11H5ClF3NO4/c12-6-2-4(1-5(9(6)17)11(13,14)15)7-3-8(10(18)19)20-16-7/h1-3,17H,(H,18,19). The molecule has 9 heteroatoms. The minimum atomic E-state index is -4.82. The summed E-state index contributed by atoms with van der Waals surface area (Å²) >= 11 is 5.52. The largest absolute Gasteiger partial charge is 0.506 e. The lowest BCUT2D eigenvalue weighted by molar-refractivity contribution is -0.138. The number of alkyl halides is 3. The molecule has 0 unspecified atom stereocenters. The molecule has 0 bridgehead atoms. The van der Waals surface area contributed by atoms with Gasteiger partial charge >= 0.3 is 12.1 Å². The molecule has 0 spiro atoms. The first-order valence-electron chi connectivity index (χ1n) is 5.00. The van der Waals surface area contributed by atoms with Crippen LogP contribution in [0.25, 0.3) is 11.3 Å². The van der Waals surface area contributed by atoms with Crippen LogP contribution >= 0.6 is 11.6 Å². The average molecular weight is 308 g/mol. The molecule has 0 saturated heterocycles. The van der Waals surface area contributed by atoms with Crippen LogP contribution in [0.5, 0.6) is 5.75 Å². The van der Waals surface area contributed by atoms with Crippen LogP contribution in [-0.2, 0) is 6.18 Å². The van der Waals surface area contributed by atoms with Crippen LogP contribution in [0.1, 0.15) is 16.1 Å². The Hall–Kier alpha value is -2.22. The van der Waals surface area contributed by atoms with Crippen molar-refractivity contribution >= 4 is 17.6 Å². The Bertz CT molecular complexity index is 681. The predicted molar refractivity (Wildman–Crippen MR) is 60.6 cm³/mol. The highest BCUT2D eigenvalue weighted by Gasteiger charge is 2.35. The van der Waals surface area contributed by atoms with E-state index in [0.717, 1.165) is 12.1 Å². The van der Waals surface area contributed by atoms with Crippen LogP contribution in [0.4, 0.5) is 13.2 Å². The summed E-state index contributed by atoms with van der Waals surface area (Å²) in [5.74, 6) is -3.05. The van der Waals surface area contributed by atoms with E-state index in [2.05, 4.69) is 9.68 Å². The number of phenolic OH excluding ortho intramolecular Hbond substituents is 1. The lowest BCUT2D eigenvalue weighted by Gasteiger charge is -2.11. The summed E-state index contributed by atoms with van der Waals surface area (Å²) in [6, 6.07) is 2.57. The fraction of sp³-hybridized carbons (Fsp3) is 0.0909. The Labute approximate surface area is 114 Å². The summed E-state index contributed by atoms with van der Waals surface area (Å²) in [6.07, 6.45) is -4.82. The lowest BCUT2D eigenvalue weighted by atomic mass is 10.1. The van der Waals surface area contributed by atoms with Crippen molar-refractivity contribution in [2.75, 3.05) is 0 Å². The number of aromatic hydroxyl groups is 1. The Morgan fingerprint density at radius 2 is 1.95 bits per heavy atom. The van der Waals surface area contributed by atoms with Gasteiger partial charge < -0.3 is 14.7 Å². The maximum absolute atomic E-state index is 12.7. The molecular formula is C11H5ClF3NO4. The van der Waals surface area contributed by atoms with Crippen LogP contribution in [-0.4, -0.2) is 21.3 Å². The first-order chi connectivity index (χ1) is 9.20. The van der Waals surface area contributed by atoms with E-state index in [9.17, 15) is 23.1 Å². The van der Waals surface area contributed by atoms with E-state index in [4.69, 9.17) is 16.7 Å². The van der Waals surface area contributed by atoms with Gasteiger partial charge in [0.05, 0.1) is 10.6 Å². The monoisotopic (exact) mass is 307 g/mol. The molecule has 0 fully saturated rings. The maximum Gasteiger partial charge on any atom is 0.420 e. The van der Waals surface area contributed by atoms with E-state index in [1.807, 2.05) is 0 Å². The zero-order valence-electron chi connectivity index (χ0n) is 9.40. The molecule has 1 aromatic carbocycles. The number of benzene rings is 1. The summed E-state index contributed by atoms with van der Waals surface area (Å²) < 4.78 is 42.5. The third-order valence-corrected chi connectivity index (χ3v) is 2.67. The van der Waals surface area contributed by atoms with Crippen molar-refractivity contribution in [2.45, 2.75) is 6.18 Å². The maximum atomic E-state index is 12.7. The molecule has 20 heavy (non-hydrogen) atoms. The van der Waals surface area contributed by atoms with Crippen LogP contribution < -0.4 is 0 Å². The Balaban J connectivity index is 2.57. The summed E-state index contributed by atoms with van der Waals surface area (Å²) in [7, 11) is 0. The topological polar surface area (TPSA) is 83.6 Å². The third-order valence-electron chi connectivity index (χ3n) is 2.39. The molecular weight excluding hydrogens is 303 g/mol. The number of aromatic carboxylic acids is 1. The third kappa shape index (κ3) is 2.55. The number of hydrogen-bond acceptors (Lipinski definition) is 4. The van der Waals surface area contributed by atoms with Gasteiger partial charge in [-0.1, -0.05) is 16.8 Å². The predicted octanol–water partition coefficient (Wildman–Crippen LogP) is 3.42. The van der Waals surface area contributed by atoms with Crippen molar-refractivity contribution in [1.82, 2.24) is 5.16 Å². The normalized spacial score (nSPS) is 11.6. The van der Waals surface area contributed by atoms with E-state index in [1.54, 1.807) is 0 Å². The lowest BCUT2D eigenvalue weighted by Crippen LogP contribution is -2.05. The van der Waals surface area contributed by atoms with Gasteiger partial charge in [-0.3, -0.25) is 0 Å². The van der Waals surface area contributed by atoms with Crippen LogP contribution in [0, 0.1) is 0 Å². The van der Waals surface area contributed by atoms with Crippen molar-refractivity contribution in [3.8, 4) is 17.0 Å². The van der Waals surface area contributed by atoms with Crippen molar-refractivity contribution in [1.29, 1.82) is 0 Å². The minimum Gasteiger partial charge on any atom is -0.506 e. The zero-order chi connectivity index (χ0) is 15.1. The molecule has 2 N–H and O–H groups in total. The van der Waals surface area contributed by atoms with Crippen LogP contribution in [0.2, 0.25) is 5.02 Å². The number of carboxylic acids is 1. The summed E-state index contributed by atoms with van der Waals surface area (Å²) in [5, 5.41) is 20.8. The highest BCUT2D eigenvalue weighted by Crippen LogP contribution is 2.42. The molecule has 2 aromatic rings. The zero-order valence-corrected chi connectivity index (χ0v) is 10.2. The van der Waals surface area contributed by atoms with Crippen molar-refractivity contribution in [2.24, 2.45) is 0 Å². The van der Waals surface area contributed by atoms with Gasteiger partial charge in [-0.25, -0.2) is 4.79 Å². The average Bonchev–Trinajstić information content (AvgIpc) is 2.80. The van der Waals surface area contributed by atoms with Gasteiger partial charge in [0, 0.05) is 11.6 Å². The molecule has 2 rings (SSSR count). The number of phenols is 1. The number of carboxylic acid groups (broad SMARTS) is 1.